The van der Waals surface area contributed by atoms with E-state index < -0.39 is 0 Å². The van der Waals surface area contributed by atoms with E-state index in [-0.39, 0.29) is 11.8 Å². The summed E-state index contributed by atoms with van der Waals surface area (Å²) in [4.78, 5) is 10.8. The average Bonchev–Trinajstić information content (AvgIpc) is 1.84. The van der Waals surface area contributed by atoms with E-state index in [9.17, 15) is 4.79 Å². The van der Waals surface area contributed by atoms with Gasteiger partial charge in [-0.3, -0.25) is 4.79 Å². The fraction of sp³-hybridized carbons (Fsp3) is 0.625. The second-order valence-corrected chi connectivity index (χ2v) is 2.81. The molecule has 1 aliphatic heterocycles. The Labute approximate surface area is 66.6 Å². The Bertz CT molecular complexity index is 165. The van der Waals surface area contributed by atoms with Crippen LogP contribution < -0.4 is 11.1 Å². The molecule has 1 rings (SSSR count). The van der Waals surface area contributed by atoms with Crippen molar-refractivity contribution in [2.75, 3.05) is 13.1 Å². The fourth-order valence-electron chi connectivity index (χ4n) is 1.18. The Balaban J connectivity index is 2.42. The van der Waals surface area contributed by atoms with Gasteiger partial charge in [-0.05, 0) is 12.8 Å². The van der Waals surface area contributed by atoms with E-state index >= 15 is 0 Å². The summed E-state index contributed by atoms with van der Waals surface area (Å²) in [6.07, 6.45) is 6.01. The maximum absolute atomic E-state index is 10.8. The lowest BCUT2D eigenvalue weighted by Gasteiger charge is -2.14. The molecule has 0 fully saturated rings. The van der Waals surface area contributed by atoms with Crippen LogP contribution in [0.25, 0.3) is 0 Å². The molecule has 1 unspecified atom stereocenters. The number of nitrogens with one attached hydrogen (secondary N) is 1. The Morgan fingerprint density at radius 2 is 2.36 bits per heavy atom. The molecule has 3 N–H and O–H groups in total. The third-order valence-corrected chi connectivity index (χ3v) is 1.90. The van der Waals surface area contributed by atoms with Gasteiger partial charge in [0.1, 0.15) is 0 Å². The molecule has 62 valence electrons. The summed E-state index contributed by atoms with van der Waals surface area (Å²) < 4.78 is 0. The van der Waals surface area contributed by atoms with Crippen molar-refractivity contribution in [1.82, 2.24) is 5.32 Å². The van der Waals surface area contributed by atoms with Gasteiger partial charge < -0.3 is 11.1 Å². The molecular weight excluding hydrogens is 140 g/mol. The molecule has 0 bridgehead atoms. The van der Waals surface area contributed by atoms with Gasteiger partial charge >= 0.3 is 0 Å². The van der Waals surface area contributed by atoms with Crippen molar-refractivity contribution in [3.05, 3.63) is 12.2 Å². The summed E-state index contributed by atoms with van der Waals surface area (Å²) in [5, 5.41) is 3.13. The molecule has 3 heteroatoms. The minimum absolute atomic E-state index is 0.0138. The molecule has 0 radical (unpaired) electrons. The van der Waals surface area contributed by atoms with E-state index in [0.29, 0.717) is 0 Å². The molecule has 0 aromatic rings. The van der Waals surface area contributed by atoms with Crippen LogP contribution in [0.3, 0.4) is 0 Å². The number of hydrogen-bond donors (Lipinski definition) is 2. The normalized spacial score (nSPS) is 25.6. The van der Waals surface area contributed by atoms with Gasteiger partial charge in [0.05, 0.1) is 5.92 Å². The molecule has 1 heterocycles. The summed E-state index contributed by atoms with van der Waals surface area (Å²) in [5.41, 5.74) is 5.18. The van der Waals surface area contributed by atoms with E-state index in [4.69, 9.17) is 5.73 Å². The minimum Gasteiger partial charge on any atom is -0.369 e. The van der Waals surface area contributed by atoms with Crippen LogP contribution >= 0.6 is 0 Å². The van der Waals surface area contributed by atoms with Gasteiger partial charge in [0.2, 0.25) is 5.91 Å². The van der Waals surface area contributed by atoms with Crippen LogP contribution in [0, 0.1) is 5.92 Å². The first-order valence-corrected chi connectivity index (χ1v) is 3.95. The summed E-state index contributed by atoms with van der Waals surface area (Å²) in [6, 6.07) is 0. The lowest BCUT2D eigenvalue weighted by molar-refractivity contribution is -0.121. The van der Waals surface area contributed by atoms with E-state index in [0.717, 1.165) is 25.9 Å². The van der Waals surface area contributed by atoms with Crippen molar-refractivity contribution in [2.24, 2.45) is 11.7 Å². The molecule has 3 nitrogen and oxygen atoms in total. The first-order chi connectivity index (χ1) is 5.30. The smallest absolute Gasteiger partial charge is 0.221 e. The number of carbonyl (C=O) groups excluding carboxylic acids is 1. The zero-order valence-electron chi connectivity index (χ0n) is 6.55. The Morgan fingerprint density at radius 3 is 3.09 bits per heavy atom. The maximum Gasteiger partial charge on any atom is 0.221 e. The minimum atomic E-state index is -0.187. The van der Waals surface area contributed by atoms with Crippen molar-refractivity contribution in [3.63, 3.8) is 0 Å². The van der Waals surface area contributed by atoms with Crippen LogP contribution in [0.15, 0.2) is 12.2 Å². The number of amides is 1. The molecule has 0 aliphatic carbocycles. The van der Waals surface area contributed by atoms with E-state index in [1.165, 1.54) is 0 Å². The molecule has 0 aromatic carbocycles. The highest BCUT2D eigenvalue weighted by Gasteiger charge is 2.13. The summed E-state index contributed by atoms with van der Waals surface area (Å²) in [5.74, 6) is -0.173. The Morgan fingerprint density at radius 1 is 1.55 bits per heavy atom. The molecule has 0 saturated carbocycles. The van der Waals surface area contributed by atoms with Crippen LogP contribution in [0.5, 0.6) is 0 Å². The number of rotatable bonds is 1. The third-order valence-electron chi connectivity index (χ3n) is 1.90. The maximum atomic E-state index is 10.8. The highest BCUT2D eigenvalue weighted by Crippen LogP contribution is 2.06. The van der Waals surface area contributed by atoms with Crippen LogP contribution in [-0.4, -0.2) is 19.0 Å². The predicted octanol–water partition coefficient (Wildman–Crippen LogP) is 0.0275. The van der Waals surface area contributed by atoms with E-state index in [2.05, 4.69) is 17.5 Å². The first kappa shape index (κ1) is 8.27. The molecule has 11 heavy (non-hydrogen) atoms. The molecule has 1 atom stereocenters. The monoisotopic (exact) mass is 154 g/mol. The number of allylic oxidation sites excluding steroid dienone is 1. The Kier molecular flexibility index (Phi) is 3.11. The number of nitrogens with two attached hydrogens (primary N) is 1. The van der Waals surface area contributed by atoms with Gasteiger partial charge in [0, 0.05) is 13.1 Å². The third kappa shape index (κ3) is 2.72. The fourth-order valence-corrected chi connectivity index (χ4v) is 1.18. The van der Waals surface area contributed by atoms with Gasteiger partial charge in [0.25, 0.3) is 0 Å². The topological polar surface area (TPSA) is 55.1 Å². The highest BCUT2D eigenvalue weighted by molar-refractivity contribution is 5.76. The number of hydrogen-bond acceptors (Lipinski definition) is 2. The molecule has 1 aliphatic rings. The SMILES string of the molecule is NC(=O)C1CCC=CCNC1. The van der Waals surface area contributed by atoms with Gasteiger partial charge in [0.15, 0.2) is 0 Å². The van der Waals surface area contributed by atoms with Crippen molar-refractivity contribution < 1.29 is 4.79 Å². The number of carbonyl (C=O) groups is 1. The van der Waals surface area contributed by atoms with Crippen LogP contribution in [0.1, 0.15) is 12.8 Å². The van der Waals surface area contributed by atoms with E-state index in [1.54, 1.807) is 0 Å². The van der Waals surface area contributed by atoms with Crippen molar-refractivity contribution in [3.8, 4) is 0 Å². The van der Waals surface area contributed by atoms with Crippen LogP contribution in [-0.2, 0) is 4.79 Å². The van der Waals surface area contributed by atoms with E-state index in [1.807, 2.05) is 0 Å². The highest BCUT2D eigenvalue weighted by atomic mass is 16.1. The largest absolute Gasteiger partial charge is 0.369 e. The zero-order chi connectivity index (χ0) is 8.10. The van der Waals surface area contributed by atoms with Crippen LogP contribution in [0.4, 0.5) is 0 Å². The summed E-state index contributed by atoms with van der Waals surface area (Å²) >= 11 is 0. The second-order valence-electron chi connectivity index (χ2n) is 2.81. The van der Waals surface area contributed by atoms with Gasteiger partial charge in [-0.25, -0.2) is 0 Å². The van der Waals surface area contributed by atoms with Crippen molar-refractivity contribution in [2.45, 2.75) is 12.8 Å². The standard InChI is InChI=1S/C8H14N2O/c9-8(11)7-4-2-1-3-5-10-6-7/h1,3,7,10H,2,4-6H2,(H2,9,11). The molecule has 0 saturated heterocycles. The second kappa shape index (κ2) is 4.13. The Hall–Kier alpha value is -0.830. The summed E-state index contributed by atoms with van der Waals surface area (Å²) in [6.45, 7) is 1.57. The quantitative estimate of drug-likeness (QED) is 0.523. The lowest BCUT2D eigenvalue weighted by atomic mass is 10.0. The van der Waals surface area contributed by atoms with Crippen molar-refractivity contribution >= 4 is 5.91 Å². The van der Waals surface area contributed by atoms with Crippen LogP contribution in [0.2, 0.25) is 0 Å². The van der Waals surface area contributed by atoms with Gasteiger partial charge in [-0.2, -0.15) is 0 Å². The van der Waals surface area contributed by atoms with Crippen molar-refractivity contribution in [1.29, 1.82) is 0 Å². The molecule has 0 aromatic heterocycles. The molecule has 0 spiro atoms. The average molecular weight is 154 g/mol. The first-order valence-electron chi connectivity index (χ1n) is 3.95. The van der Waals surface area contributed by atoms with Gasteiger partial charge in [-0.1, -0.05) is 12.2 Å². The lowest BCUT2D eigenvalue weighted by Crippen LogP contribution is -2.33. The molecular formula is C8H14N2O. The summed E-state index contributed by atoms with van der Waals surface area (Å²) in [7, 11) is 0. The van der Waals surface area contributed by atoms with Gasteiger partial charge in [-0.15, -0.1) is 0 Å². The zero-order valence-corrected chi connectivity index (χ0v) is 6.55. The number of primary amides is 1. The predicted molar refractivity (Wildman–Crippen MR) is 43.9 cm³/mol. The molecule has 1 amide bonds.